The molecule has 1 N–H and O–H groups in total. The molecule has 0 aliphatic rings. The van der Waals surface area contributed by atoms with Crippen LogP contribution in [0.1, 0.15) is 16.1 Å². The van der Waals surface area contributed by atoms with E-state index >= 15 is 0 Å². The molecule has 0 fully saturated rings. The molecule has 1 amide bonds. The zero-order valence-electron chi connectivity index (χ0n) is 10.4. The average molecular weight is 321 g/mol. The molecule has 1 aromatic carbocycles. The molecule has 0 radical (unpaired) electrons. The first-order valence-corrected chi connectivity index (χ1v) is 6.50. The summed E-state index contributed by atoms with van der Waals surface area (Å²) in [4.78, 5) is 16.1. The highest BCUT2D eigenvalue weighted by Crippen LogP contribution is 2.13. The summed E-state index contributed by atoms with van der Waals surface area (Å²) in [7, 11) is 1.64. The number of pyridine rings is 1. The molecule has 0 spiro atoms. The van der Waals surface area contributed by atoms with Gasteiger partial charge < -0.3 is 10.1 Å². The third-order valence-corrected chi connectivity index (χ3v) is 2.89. The SMILES string of the molecule is COCc1cccc(NC(=O)c2cccc(Br)n2)c1. The van der Waals surface area contributed by atoms with Crippen molar-refractivity contribution in [3.8, 4) is 0 Å². The number of aromatic nitrogens is 1. The van der Waals surface area contributed by atoms with E-state index in [0.717, 1.165) is 11.3 Å². The van der Waals surface area contributed by atoms with Crippen LogP contribution in [0.5, 0.6) is 0 Å². The number of carbonyl (C=O) groups is 1. The smallest absolute Gasteiger partial charge is 0.274 e. The third kappa shape index (κ3) is 3.87. The van der Waals surface area contributed by atoms with Gasteiger partial charge in [0.2, 0.25) is 0 Å². The van der Waals surface area contributed by atoms with E-state index in [2.05, 4.69) is 26.2 Å². The highest BCUT2D eigenvalue weighted by molar-refractivity contribution is 9.10. The van der Waals surface area contributed by atoms with Crippen LogP contribution < -0.4 is 5.32 Å². The molecule has 1 aromatic heterocycles. The molecular weight excluding hydrogens is 308 g/mol. The lowest BCUT2D eigenvalue weighted by atomic mass is 10.2. The normalized spacial score (nSPS) is 10.2. The number of methoxy groups -OCH3 is 1. The number of hydrogen-bond acceptors (Lipinski definition) is 3. The van der Waals surface area contributed by atoms with Crippen molar-refractivity contribution in [2.75, 3.05) is 12.4 Å². The first-order chi connectivity index (χ1) is 9.19. The van der Waals surface area contributed by atoms with Gasteiger partial charge in [0.15, 0.2) is 0 Å². The standard InChI is InChI=1S/C14H13BrN2O2/c1-19-9-10-4-2-5-11(8-10)16-14(18)12-6-3-7-13(15)17-12/h2-8H,9H2,1H3,(H,16,18). The minimum absolute atomic E-state index is 0.240. The second-order valence-electron chi connectivity index (χ2n) is 3.93. The number of halogens is 1. The second kappa shape index (κ2) is 6.45. The summed E-state index contributed by atoms with van der Waals surface area (Å²) in [5.41, 5.74) is 2.09. The van der Waals surface area contributed by atoms with Crippen molar-refractivity contribution in [2.24, 2.45) is 0 Å². The first-order valence-electron chi connectivity index (χ1n) is 5.71. The molecule has 0 saturated heterocycles. The number of amides is 1. The molecule has 1 heterocycles. The predicted molar refractivity (Wildman–Crippen MR) is 77.0 cm³/mol. The lowest BCUT2D eigenvalue weighted by Crippen LogP contribution is -2.13. The Bertz CT molecular complexity index is 587. The zero-order chi connectivity index (χ0) is 13.7. The van der Waals surface area contributed by atoms with E-state index in [9.17, 15) is 4.79 Å². The van der Waals surface area contributed by atoms with Gasteiger partial charge >= 0.3 is 0 Å². The maximum Gasteiger partial charge on any atom is 0.274 e. The Morgan fingerprint density at radius 2 is 2.11 bits per heavy atom. The van der Waals surface area contributed by atoms with Crippen LogP contribution in [0.15, 0.2) is 47.1 Å². The molecular formula is C14H13BrN2O2. The summed E-state index contributed by atoms with van der Waals surface area (Å²) >= 11 is 3.24. The number of carbonyl (C=O) groups excluding carboxylic acids is 1. The van der Waals surface area contributed by atoms with Crippen molar-refractivity contribution >= 4 is 27.5 Å². The van der Waals surface area contributed by atoms with Crippen molar-refractivity contribution in [1.82, 2.24) is 4.98 Å². The highest BCUT2D eigenvalue weighted by Gasteiger charge is 2.08. The van der Waals surface area contributed by atoms with Gasteiger partial charge in [-0.15, -0.1) is 0 Å². The second-order valence-corrected chi connectivity index (χ2v) is 4.75. The Labute approximate surface area is 119 Å². The highest BCUT2D eigenvalue weighted by atomic mass is 79.9. The largest absolute Gasteiger partial charge is 0.380 e. The predicted octanol–water partition coefficient (Wildman–Crippen LogP) is 3.24. The maximum absolute atomic E-state index is 12.0. The van der Waals surface area contributed by atoms with E-state index < -0.39 is 0 Å². The van der Waals surface area contributed by atoms with Crippen LogP contribution in [-0.4, -0.2) is 18.0 Å². The number of ether oxygens (including phenoxy) is 1. The molecule has 0 saturated carbocycles. The Hall–Kier alpha value is -1.72. The van der Waals surface area contributed by atoms with Gasteiger partial charge in [0, 0.05) is 12.8 Å². The number of benzene rings is 1. The summed E-state index contributed by atoms with van der Waals surface area (Å²) in [5, 5.41) is 2.81. The molecule has 0 unspecified atom stereocenters. The average Bonchev–Trinajstić information content (AvgIpc) is 2.39. The summed E-state index contributed by atoms with van der Waals surface area (Å²) < 4.78 is 5.69. The van der Waals surface area contributed by atoms with Crippen molar-refractivity contribution in [2.45, 2.75) is 6.61 Å². The van der Waals surface area contributed by atoms with E-state index in [0.29, 0.717) is 16.9 Å². The molecule has 0 atom stereocenters. The van der Waals surface area contributed by atoms with E-state index in [4.69, 9.17) is 4.74 Å². The molecule has 5 heteroatoms. The van der Waals surface area contributed by atoms with Crippen LogP contribution in [0.25, 0.3) is 0 Å². The summed E-state index contributed by atoms with van der Waals surface area (Å²) in [6.07, 6.45) is 0. The lowest BCUT2D eigenvalue weighted by Gasteiger charge is -2.07. The Balaban J connectivity index is 2.12. The molecule has 4 nitrogen and oxygen atoms in total. The minimum Gasteiger partial charge on any atom is -0.380 e. The number of nitrogens with one attached hydrogen (secondary N) is 1. The minimum atomic E-state index is -0.240. The van der Waals surface area contributed by atoms with Gasteiger partial charge in [0.1, 0.15) is 10.3 Å². The molecule has 0 aliphatic heterocycles. The van der Waals surface area contributed by atoms with Gasteiger partial charge in [-0.3, -0.25) is 4.79 Å². The number of rotatable bonds is 4. The Morgan fingerprint density at radius 1 is 1.32 bits per heavy atom. The Kier molecular flexibility index (Phi) is 4.65. The van der Waals surface area contributed by atoms with E-state index in [1.165, 1.54) is 0 Å². The lowest BCUT2D eigenvalue weighted by molar-refractivity contribution is 0.102. The van der Waals surface area contributed by atoms with Gasteiger partial charge in [-0.2, -0.15) is 0 Å². The Morgan fingerprint density at radius 3 is 2.84 bits per heavy atom. The van der Waals surface area contributed by atoms with Gasteiger partial charge in [0.25, 0.3) is 5.91 Å². The fraction of sp³-hybridized carbons (Fsp3) is 0.143. The maximum atomic E-state index is 12.0. The van der Waals surface area contributed by atoms with E-state index in [-0.39, 0.29) is 5.91 Å². The fourth-order valence-electron chi connectivity index (χ4n) is 1.64. The number of hydrogen-bond donors (Lipinski definition) is 1. The van der Waals surface area contributed by atoms with Crippen LogP contribution in [0.2, 0.25) is 0 Å². The van der Waals surface area contributed by atoms with Gasteiger partial charge in [-0.05, 0) is 45.8 Å². The molecule has 2 rings (SSSR count). The monoisotopic (exact) mass is 320 g/mol. The first kappa shape index (κ1) is 13.7. The topological polar surface area (TPSA) is 51.2 Å². The van der Waals surface area contributed by atoms with Crippen molar-refractivity contribution in [1.29, 1.82) is 0 Å². The molecule has 19 heavy (non-hydrogen) atoms. The van der Waals surface area contributed by atoms with Crippen LogP contribution in [0, 0.1) is 0 Å². The van der Waals surface area contributed by atoms with Crippen LogP contribution in [0.3, 0.4) is 0 Å². The number of nitrogens with zero attached hydrogens (tertiary/aromatic N) is 1. The zero-order valence-corrected chi connectivity index (χ0v) is 12.0. The van der Waals surface area contributed by atoms with Crippen molar-refractivity contribution < 1.29 is 9.53 Å². The molecule has 0 aliphatic carbocycles. The van der Waals surface area contributed by atoms with Crippen LogP contribution in [-0.2, 0) is 11.3 Å². The van der Waals surface area contributed by atoms with E-state index in [1.54, 1.807) is 25.3 Å². The molecule has 0 bridgehead atoms. The van der Waals surface area contributed by atoms with Gasteiger partial charge in [-0.25, -0.2) is 4.98 Å². The third-order valence-electron chi connectivity index (χ3n) is 2.44. The summed E-state index contributed by atoms with van der Waals surface area (Å²) in [6, 6.07) is 12.7. The van der Waals surface area contributed by atoms with Crippen molar-refractivity contribution in [3.63, 3.8) is 0 Å². The number of anilines is 1. The van der Waals surface area contributed by atoms with Crippen LogP contribution in [0.4, 0.5) is 5.69 Å². The van der Waals surface area contributed by atoms with Gasteiger partial charge in [-0.1, -0.05) is 18.2 Å². The molecule has 2 aromatic rings. The van der Waals surface area contributed by atoms with E-state index in [1.807, 2.05) is 24.3 Å². The fourth-order valence-corrected chi connectivity index (χ4v) is 1.98. The van der Waals surface area contributed by atoms with Crippen molar-refractivity contribution in [3.05, 3.63) is 58.3 Å². The quantitative estimate of drug-likeness (QED) is 0.880. The van der Waals surface area contributed by atoms with Gasteiger partial charge in [0.05, 0.1) is 6.61 Å². The molecule has 98 valence electrons. The van der Waals surface area contributed by atoms with Crippen LogP contribution >= 0.6 is 15.9 Å². The summed E-state index contributed by atoms with van der Waals surface area (Å²) in [5.74, 6) is -0.240. The summed E-state index contributed by atoms with van der Waals surface area (Å²) in [6.45, 7) is 0.513.